The van der Waals surface area contributed by atoms with Gasteiger partial charge in [-0.25, -0.2) is 4.98 Å². The zero-order chi connectivity index (χ0) is 16.4. The smallest absolute Gasteiger partial charge is 0.242 e. The van der Waals surface area contributed by atoms with Crippen LogP contribution in [0.15, 0.2) is 6.07 Å². The van der Waals surface area contributed by atoms with E-state index in [-0.39, 0.29) is 17.1 Å². The molecule has 1 fully saturated rings. The molecule has 1 amide bonds. The van der Waals surface area contributed by atoms with E-state index in [1.165, 1.54) is 0 Å². The highest BCUT2D eigenvalue weighted by molar-refractivity contribution is 6.28. The van der Waals surface area contributed by atoms with Gasteiger partial charge in [-0.05, 0) is 31.0 Å². The Hall–Kier alpha value is -1.93. The van der Waals surface area contributed by atoms with Crippen LogP contribution in [0.2, 0.25) is 5.28 Å². The van der Waals surface area contributed by atoms with Gasteiger partial charge in [-0.3, -0.25) is 15.0 Å². The number of amides is 1. The molecular formula is C14H19ClN6O2. The fourth-order valence-electron chi connectivity index (χ4n) is 2.87. The molecule has 8 nitrogen and oxygen atoms in total. The molecule has 0 spiro atoms. The Morgan fingerprint density at radius 3 is 2.91 bits per heavy atom. The van der Waals surface area contributed by atoms with E-state index in [4.69, 9.17) is 11.6 Å². The van der Waals surface area contributed by atoms with Crippen LogP contribution in [0, 0.1) is 12.8 Å². The largest absolute Gasteiger partial charge is 0.391 e. The maximum atomic E-state index is 12.3. The van der Waals surface area contributed by atoms with Crippen molar-refractivity contribution in [2.45, 2.75) is 32.3 Å². The molecule has 1 saturated heterocycles. The number of aliphatic hydroxyl groups excluding tert-OH is 1. The molecule has 0 aromatic carbocycles. The molecule has 0 radical (unpaired) electrons. The third-order valence-electron chi connectivity index (χ3n) is 4.07. The van der Waals surface area contributed by atoms with E-state index in [1.807, 2.05) is 13.0 Å². The first-order valence-electron chi connectivity index (χ1n) is 7.55. The molecule has 0 saturated carbocycles. The summed E-state index contributed by atoms with van der Waals surface area (Å²) in [6, 6.07) is 1.96. The Kier molecular flexibility index (Phi) is 4.63. The highest BCUT2D eigenvalue weighted by Crippen LogP contribution is 2.22. The van der Waals surface area contributed by atoms with Crippen molar-refractivity contribution in [3.05, 3.63) is 28.6 Å². The van der Waals surface area contributed by atoms with Gasteiger partial charge in [-0.15, -0.1) is 5.10 Å². The number of H-pyrrole nitrogens is 2. The summed E-state index contributed by atoms with van der Waals surface area (Å²) in [5.74, 6) is 0.602. The topological polar surface area (TPSA) is 111 Å². The van der Waals surface area contributed by atoms with Crippen LogP contribution in [-0.4, -0.2) is 60.5 Å². The monoisotopic (exact) mass is 338 g/mol. The number of likely N-dealkylation sites (tertiary alicyclic amines) is 1. The van der Waals surface area contributed by atoms with Crippen LogP contribution in [0.1, 0.15) is 23.6 Å². The number of aryl methyl sites for hydroxylation is 2. The molecule has 1 aliphatic heterocycles. The zero-order valence-corrected chi connectivity index (χ0v) is 13.5. The SMILES string of the molecule is Cc1cc(C[C@@H]2CN(C(=O)CCc3nc(Cl)n[nH]3)C[C@H]2O)n[nH]1. The predicted octanol–water partition coefficient (Wildman–Crippen LogP) is 0.484. The maximum absolute atomic E-state index is 12.3. The summed E-state index contributed by atoms with van der Waals surface area (Å²) >= 11 is 5.63. The summed E-state index contributed by atoms with van der Waals surface area (Å²) in [5, 5.41) is 23.8. The van der Waals surface area contributed by atoms with Gasteiger partial charge in [-0.1, -0.05) is 0 Å². The number of aromatic amines is 2. The second kappa shape index (κ2) is 6.67. The molecule has 23 heavy (non-hydrogen) atoms. The van der Waals surface area contributed by atoms with E-state index in [9.17, 15) is 9.90 Å². The normalized spacial score (nSPS) is 21.1. The Labute approximate surface area is 138 Å². The zero-order valence-electron chi connectivity index (χ0n) is 12.8. The van der Waals surface area contributed by atoms with Crippen LogP contribution in [0.25, 0.3) is 0 Å². The molecule has 3 heterocycles. The molecule has 124 valence electrons. The standard InChI is InChI=1S/C14H19ClN6O2/c1-8-4-10(18-17-8)5-9-6-21(7-11(9)22)13(23)3-2-12-16-14(15)20-19-12/h4,9,11,22H,2-3,5-7H2,1H3,(H,17,18)(H,16,19,20)/t9-,11-/m1/s1. The summed E-state index contributed by atoms with van der Waals surface area (Å²) < 4.78 is 0. The Morgan fingerprint density at radius 1 is 1.43 bits per heavy atom. The number of β-amino-alcohol motifs (C(OH)–C–C–N with tert-alkyl or cyclic N) is 1. The van der Waals surface area contributed by atoms with Crippen molar-refractivity contribution in [1.82, 2.24) is 30.3 Å². The molecule has 3 N–H and O–H groups in total. The van der Waals surface area contributed by atoms with Gasteiger partial charge in [0.2, 0.25) is 11.2 Å². The van der Waals surface area contributed by atoms with Crippen LogP contribution in [0.4, 0.5) is 0 Å². The molecule has 0 aliphatic carbocycles. The number of carbonyl (C=O) groups excluding carboxylic acids is 1. The molecule has 3 rings (SSSR count). The Balaban J connectivity index is 1.51. The number of nitrogens with one attached hydrogen (secondary N) is 2. The molecule has 2 atom stereocenters. The summed E-state index contributed by atoms with van der Waals surface area (Å²) in [5.41, 5.74) is 1.91. The number of carbonyl (C=O) groups is 1. The number of halogens is 1. The summed E-state index contributed by atoms with van der Waals surface area (Å²) in [6.45, 7) is 2.85. The van der Waals surface area contributed by atoms with Crippen LogP contribution in [0.5, 0.6) is 0 Å². The van der Waals surface area contributed by atoms with E-state index in [0.717, 1.165) is 11.4 Å². The quantitative estimate of drug-likeness (QED) is 0.734. The van der Waals surface area contributed by atoms with Crippen molar-refractivity contribution in [2.24, 2.45) is 5.92 Å². The first-order valence-corrected chi connectivity index (χ1v) is 7.92. The Bertz CT molecular complexity index is 684. The third kappa shape index (κ3) is 3.89. The minimum atomic E-state index is -0.518. The third-order valence-corrected chi connectivity index (χ3v) is 4.24. The Morgan fingerprint density at radius 2 is 2.26 bits per heavy atom. The lowest BCUT2D eigenvalue weighted by atomic mass is 10.0. The minimum absolute atomic E-state index is 0.00252. The fraction of sp³-hybridized carbons (Fsp3) is 0.571. The number of nitrogens with zero attached hydrogens (tertiary/aromatic N) is 4. The van der Waals surface area contributed by atoms with Crippen LogP contribution >= 0.6 is 11.6 Å². The molecule has 2 aromatic heterocycles. The van der Waals surface area contributed by atoms with Crippen LogP contribution in [0.3, 0.4) is 0 Å². The van der Waals surface area contributed by atoms with E-state index in [1.54, 1.807) is 4.90 Å². The summed E-state index contributed by atoms with van der Waals surface area (Å²) in [4.78, 5) is 17.9. The molecule has 0 bridgehead atoms. The van der Waals surface area contributed by atoms with Gasteiger partial charge >= 0.3 is 0 Å². The van der Waals surface area contributed by atoms with E-state index in [2.05, 4.69) is 25.4 Å². The molecule has 2 aromatic rings. The number of aliphatic hydroxyl groups is 1. The van der Waals surface area contributed by atoms with Gasteiger partial charge in [0.15, 0.2) is 0 Å². The number of rotatable bonds is 5. The lowest BCUT2D eigenvalue weighted by Crippen LogP contribution is -2.29. The van der Waals surface area contributed by atoms with Gasteiger partial charge in [-0.2, -0.15) is 5.10 Å². The van der Waals surface area contributed by atoms with Crippen molar-refractivity contribution < 1.29 is 9.90 Å². The van der Waals surface area contributed by atoms with Crippen molar-refractivity contribution in [3.63, 3.8) is 0 Å². The second-order valence-electron chi connectivity index (χ2n) is 5.92. The van der Waals surface area contributed by atoms with Gasteiger partial charge in [0, 0.05) is 37.5 Å². The van der Waals surface area contributed by atoms with E-state index < -0.39 is 6.10 Å². The first kappa shape index (κ1) is 15.9. The lowest BCUT2D eigenvalue weighted by molar-refractivity contribution is -0.130. The van der Waals surface area contributed by atoms with Crippen LogP contribution < -0.4 is 0 Å². The summed E-state index contributed by atoms with van der Waals surface area (Å²) in [6.07, 6.45) is 0.907. The number of aromatic nitrogens is 5. The average Bonchev–Trinajstić information content (AvgIpc) is 3.20. The maximum Gasteiger partial charge on any atom is 0.242 e. The van der Waals surface area contributed by atoms with E-state index in [0.29, 0.717) is 38.2 Å². The average molecular weight is 339 g/mol. The highest BCUT2D eigenvalue weighted by atomic mass is 35.5. The molecule has 0 unspecified atom stereocenters. The molecule has 9 heteroatoms. The van der Waals surface area contributed by atoms with Crippen molar-refractivity contribution in [1.29, 1.82) is 0 Å². The summed E-state index contributed by atoms with van der Waals surface area (Å²) in [7, 11) is 0. The fourth-order valence-corrected chi connectivity index (χ4v) is 3.02. The first-order chi connectivity index (χ1) is 11.0. The van der Waals surface area contributed by atoms with Gasteiger partial charge < -0.3 is 10.0 Å². The molecule has 1 aliphatic rings. The van der Waals surface area contributed by atoms with Crippen molar-refractivity contribution >= 4 is 17.5 Å². The molecular weight excluding hydrogens is 320 g/mol. The van der Waals surface area contributed by atoms with Gasteiger partial charge in [0.05, 0.1) is 11.8 Å². The van der Waals surface area contributed by atoms with Crippen molar-refractivity contribution in [3.8, 4) is 0 Å². The van der Waals surface area contributed by atoms with Gasteiger partial charge in [0.1, 0.15) is 5.82 Å². The lowest BCUT2D eigenvalue weighted by Gasteiger charge is -2.15. The predicted molar refractivity (Wildman–Crippen MR) is 82.8 cm³/mol. The number of hydrogen-bond acceptors (Lipinski definition) is 5. The highest BCUT2D eigenvalue weighted by Gasteiger charge is 2.34. The van der Waals surface area contributed by atoms with Gasteiger partial charge in [0.25, 0.3) is 0 Å². The van der Waals surface area contributed by atoms with Crippen LogP contribution in [-0.2, 0) is 17.6 Å². The minimum Gasteiger partial charge on any atom is -0.391 e. The van der Waals surface area contributed by atoms with Crippen molar-refractivity contribution in [2.75, 3.05) is 13.1 Å². The number of hydrogen-bond donors (Lipinski definition) is 3. The second-order valence-corrected chi connectivity index (χ2v) is 6.26. The van der Waals surface area contributed by atoms with E-state index >= 15 is 0 Å².